The summed E-state index contributed by atoms with van der Waals surface area (Å²) < 4.78 is 8.94. The second-order valence-electron chi connectivity index (χ2n) is 10.9. The lowest BCUT2D eigenvalue weighted by Crippen LogP contribution is -2.10. The molecule has 0 fully saturated rings. The Hall–Kier alpha value is -5.38. The van der Waals surface area contributed by atoms with E-state index in [1.807, 2.05) is 23.5 Å². The average Bonchev–Trinajstić information content (AvgIpc) is 3.64. The van der Waals surface area contributed by atoms with Gasteiger partial charge in [-0.05, 0) is 52.9 Å². The maximum absolute atomic E-state index is 6.39. The molecule has 0 radical (unpaired) electrons. The molecule has 0 saturated heterocycles. The molecule has 0 aliphatic rings. The highest BCUT2D eigenvalue weighted by atomic mass is 32.1. The van der Waals surface area contributed by atoms with Gasteiger partial charge in [0, 0.05) is 43.4 Å². The molecule has 0 N–H and O–H groups in total. The molecule has 7 aromatic carbocycles. The predicted molar refractivity (Wildman–Crippen MR) is 184 cm³/mol. The molecule has 3 heteroatoms. The number of furan rings is 1. The van der Waals surface area contributed by atoms with Crippen molar-refractivity contribution in [2.45, 2.75) is 0 Å². The molecule has 0 amide bonds. The van der Waals surface area contributed by atoms with Gasteiger partial charge in [-0.2, -0.15) is 0 Å². The molecule has 0 bridgehead atoms. The van der Waals surface area contributed by atoms with Crippen molar-refractivity contribution in [1.29, 1.82) is 0 Å². The van der Waals surface area contributed by atoms with Gasteiger partial charge in [0.05, 0.1) is 16.1 Å². The van der Waals surface area contributed by atoms with E-state index < -0.39 is 0 Å². The van der Waals surface area contributed by atoms with Gasteiger partial charge < -0.3 is 9.32 Å². The zero-order valence-corrected chi connectivity index (χ0v) is 24.0. The number of rotatable bonds is 4. The van der Waals surface area contributed by atoms with Gasteiger partial charge in [-0.1, -0.05) is 109 Å². The van der Waals surface area contributed by atoms with Crippen LogP contribution in [0.2, 0.25) is 0 Å². The van der Waals surface area contributed by atoms with Gasteiger partial charge in [0.1, 0.15) is 11.2 Å². The number of para-hydroxylation sites is 1. The third-order valence-corrected chi connectivity index (χ3v) is 9.65. The van der Waals surface area contributed by atoms with Crippen LogP contribution in [0.25, 0.3) is 64.0 Å². The normalized spacial score (nSPS) is 11.7. The number of anilines is 3. The fourth-order valence-electron chi connectivity index (χ4n) is 6.51. The van der Waals surface area contributed by atoms with E-state index in [2.05, 4.69) is 144 Å². The van der Waals surface area contributed by atoms with E-state index in [1.54, 1.807) is 0 Å². The lowest BCUT2D eigenvalue weighted by Gasteiger charge is -2.28. The lowest BCUT2D eigenvalue weighted by molar-refractivity contribution is 0.669. The fraction of sp³-hybridized carbons (Fsp3) is 0. The molecular weight excluding hydrogens is 543 g/mol. The molecule has 2 heterocycles. The van der Waals surface area contributed by atoms with E-state index in [1.165, 1.54) is 42.1 Å². The molecule has 202 valence electrons. The number of benzene rings is 7. The van der Waals surface area contributed by atoms with E-state index in [9.17, 15) is 0 Å². The summed E-state index contributed by atoms with van der Waals surface area (Å²) in [5, 5.41) is 7.26. The van der Waals surface area contributed by atoms with Crippen LogP contribution in [0.3, 0.4) is 0 Å². The molecule has 0 unspecified atom stereocenters. The number of fused-ring (bicyclic) bond motifs is 7. The van der Waals surface area contributed by atoms with Crippen LogP contribution in [0.15, 0.2) is 156 Å². The second-order valence-corrected chi connectivity index (χ2v) is 12.0. The largest absolute Gasteiger partial charge is 0.456 e. The Labute approximate surface area is 252 Å². The first kappa shape index (κ1) is 24.2. The highest BCUT2D eigenvalue weighted by molar-refractivity contribution is 7.26. The van der Waals surface area contributed by atoms with Crippen LogP contribution < -0.4 is 4.90 Å². The van der Waals surface area contributed by atoms with Crippen molar-refractivity contribution in [2.75, 3.05) is 4.90 Å². The molecule has 9 aromatic rings. The maximum Gasteiger partial charge on any atom is 0.137 e. The molecule has 2 aromatic heterocycles. The standard InChI is InChI=1S/C40H25NOS/c1-2-11-27(12-3-1)30-23-24-35(40-39(30)33-17-7-9-20-38(33)43-40)41(34-18-10-14-26-13-4-5-15-29(26)34)28-21-22-32-31-16-6-8-19-36(31)42-37(32)25-28/h1-25H. The lowest BCUT2D eigenvalue weighted by atomic mass is 9.98. The summed E-state index contributed by atoms with van der Waals surface area (Å²) in [5.41, 5.74) is 7.63. The van der Waals surface area contributed by atoms with Gasteiger partial charge in [-0.25, -0.2) is 0 Å². The van der Waals surface area contributed by atoms with Gasteiger partial charge in [-0.15, -0.1) is 11.3 Å². The second kappa shape index (κ2) is 9.59. The number of hydrogen-bond acceptors (Lipinski definition) is 3. The predicted octanol–water partition coefficient (Wildman–Crippen LogP) is 12.2. The molecule has 0 aliphatic carbocycles. The highest BCUT2D eigenvalue weighted by Gasteiger charge is 2.22. The van der Waals surface area contributed by atoms with Crippen LogP contribution >= 0.6 is 11.3 Å². The highest BCUT2D eigenvalue weighted by Crippen LogP contribution is 2.49. The summed E-state index contributed by atoms with van der Waals surface area (Å²) in [5.74, 6) is 0. The summed E-state index contributed by atoms with van der Waals surface area (Å²) >= 11 is 1.86. The van der Waals surface area contributed by atoms with Gasteiger partial charge in [0.15, 0.2) is 0 Å². The fourth-order valence-corrected chi connectivity index (χ4v) is 7.75. The van der Waals surface area contributed by atoms with Crippen LogP contribution in [-0.4, -0.2) is 0 Å². The van der Waals surface area contributed by atoms with Crippen molar-refractivity contribution in [3.8, 4) is 11.1 Å². The molecule has 0 atom stereocenters. The monoisotopic (exact) mass is 567 g/mol. The van der Waals surface area contributed by atoms with Crippen LogP contribution in [0, 0.1) is 0 Å². The first-order valence-electron chi connectivity index (χ1n) is 14.5. The van der Waals surface area contributed by atoms with Crippen LogP contribution in [0.4, 0.5) is 17.1 Å². The number of nitrogens with zero attached hydrogens (tertiary/aromatic N) is 1. The van der Waals surface area contributed by atoms with Gasteiger partial charge in [0.2, 0.25) is 0 Å². The molecule has 0 aliphatic heterocycles. The summed E-state index contributed by atoms with van der Waals surface area (Å²) in [6.07, 6.45) is 0. The smallest absolute Gasteiger partial charge is 0.137 e. The summed E-state index contributed by atoms with van der Waals surface area (Å²) in [6.45, 7) is 0. The molecule has 0 spiro atoms. The minimum atomic E-state index is 0.887. The van der Waals surface area contributed by atoms with E-state index in [0.717, 1.165) is 39.0 Å². The van der Waals surface area contributed by atoms with E-state index in [-0.39, 0.29) is 0 Å². The Kier molecular flexibility index (Phi) is 5.40. The SMILES string of the molecule is c1ccc(-c2ccc(N(c3ccc4c(c3)oc3ccccc34)c3cccc4ccccc34)c3sc4ccccc4c23)cc1. The molecular formula is C40H25NOS. The van der Waals surface area contributed by atoms with Crippen molar-refractivity contribution in [3.63, 3.8) is 0 Å². The van der Waals surface area contributed by atoms with Crippen LogP contribution in [0.5, 0.6) is 0 Å². The summed E-state index contributed by atoms with van der Waals surface area (Å²) in [6, 6.07) is 54.2. The third kappa shape index (κ3) is 3.79. The van der Waals surface area contributed by atoms with Gasteiger partial charge in [-0.3, -0.25) is 0 Å². The topological polar surface area (TPSA) is 16.4 Å². The van der Waals surface area contributed by atoms with Gasteiger partial charge >= 0.3 is 0 Å². The van der Waals surface area contributed by atoms with E-state index in [0.29, 0.717) is 0 Å². The zero-order chi connectivity index (χ0) is 28.3. The number of hydrogen-bond donors (Lipinski definition) is 0. The Morgan fingerprint density at radius 1 is 0.488 bits per heavy atom. The van der Waals surface area contributed by atoms with Crippen molar-refractivity contribution in [2.24, 2.45) is 0 Å². The van der Waals surface area contributed by atoms with E-state index in [4.69, 9.17) is 4.42 Å². The molecule has 9 rings (SSSR count). The van der Waals surface area contributed by atoms with Crippen LogP contribution in [-0.2, 0) is 0 Å². The quantitative estimate of drug-likeness (QED) is 0.210. The summed E-state index contributed by atoms with van der Waals surface area (Å²) in [4.78, 5) is 2.42. The molecule has 0 saturated carbocycles. The maximum atomic E-state index is 6.39. The Morgan fingerprint density at radius 2 is 1.21 bits per heavy atom. The van der Waals surface area contributed by atoms with Crippen LogP contribution in [0.1, 0.15) is 0 Å². The number of thiophene rings is 1. The average molecular weight is 568 g/mol. The Morgan fingerprint density at radius 3 is 2.12 bits per heavy atom. The minimum absolute atomic E-state index is 0.887. The zero-order valence-electron chi connectivity index (χ0n) is 23.2. The Bertz CT molecular complexity index is 2460. The molecule has 2 nitrogen and oxygen atoms in total. The summed E-state index contributed by atoms with van der Waals surface area (Å²) in [7, 11) is 0. The minimum Gasteiger partial charge on any atom is -0.456 e. The van der Waals surface area contributed by atoms with Crippen molar-refractivity contribution in [3.05, 3.63) is 152 Å². The van der Waals surface area contributed by atoms with Crippen molar-refractivity contribution in [1.82, 2.24) is 0 Å². The van der Waals surface area contributed by atoms with E-state index >= 15 is 0 Å². The molecule has 43 heavy (non-hydrogen) atoms. The first-order valence-corrected chi connectivity index (χ1v) is 15.3. The van der Waals surface area contributed by atoms with Crippen molar-refractivity contribution < 1.29 is 4.42 Å². The van der Waals surface area contributed by atoms with Crippen molar-refractivity contribution >= 4 is 81.3 Å². The first-order chi connectivity index (χ1) is 21.3. The Balaban J connectivity index is 1.38. The third-order valence-electron chi connectivity index (χ3n) is 8.46. The van der Waals surface area contributed by atoms with Gasteiger partial charge in [0.25, 0.3) is 0 Å².